The van der Waals surface area contributed by atoms with Crippen LogP contribution in [-0.4, -0.2) is 22.3 Å². The van der Waals surface area contributed by atoms with E-state index in [1.165, 1.54) is 17.5 Å². The van der Waals surface area contributed by atoms with Crippen molar-refractivity contribution in [3.05, 3.63) is 63.0 Å². The molecular formula is C14H12Cl2N2OS. The minimum atomic E-state index is -0.112. The first-order valence-electron chi connectivity index (χ1n) is 5.86. The third-order valence-electron chi connectivity index (χ3n) is 2.59. The summed E-state index contributed by atoms with van der Waals surface area (Å²) in [5.74, 6) is -0.112. The molecule has 6 heteroatoms. The van der Waals surface area contributed by atoms with Crippen LogP contribution in [0.1, 0.15) is 15.2 Å². The van der Waals surface area contributed by atoms with Gasteiger partial charge in [-0.1, -0.05) is 29.3 Å². The van der Waals surface area contributed by atoms with E-state index in [1.807, 2.05) is 12.1 Å². The summed E-state index contributed by atoms with van der Waals surface area (Å²) in [6.07, 6.45) is 3.17. The molecule has 1 amide bonds. The third kappa shape index (κ3) is 3.82. The lowest BCUT2D eigenvalue weighted by molar-refractivity contribution is 0.0764. The maximum Gasteiger partial charge on any atom is 0.256 e. The molecule has 0 unspecified atom stereocenters. The average molecular weight is 327 g/mol. The van der Waals surface area contributed by atoms with Crippen molar-refractivity contribution in [3.8, 4) is 0 Å². The summed E-state index contributed by atoms with van der Waals surface area (Å²) in [5.41, 5.74) is 0.499. The minimum absolute atomic E-state index is 0.112. The lowest BCUT2D eigenvalue weighted by atomic mass is 10.2. The Balaban J connectivity index is 2.17. The molecule has 0 bridgehead atoms. The molecule has 0 saturated heterocycles. The van der Waals surface area contributed by atoms with Gasteiger partial charge in [0.2, 0.25) is 0 Å². The lowest BCUT2D eigenvalue weighted by Gasteiger charge is -2.20. The van der Waals surface area contributed by atoms with Crippen molar-refractivity contribution < 1.29 is 4.79 Å². The summed E-state index contributed by atoms with van der Waals surface area (Å²) in [6.45, 7) is 4.63. The van der Waals surface area contributed by atoms with E-state index in [1.54, 1.807) is 23.1 Å². The summed E-state index contributed by atoms with van der Waals surface area (Å²) in [5, 5.41) is 0.363. The molecule has 0 spiro atoms. The van der Waals surface area contributed by atoms with Crippen LogP contribution in [0.2, 0.25) is 9.49 Å². The summed E-state index contributed by atoms with van der Waals surface area (Å²) in [6, 6.07) is 7.00. The third-order valence-corrected chi connectivity index (χ3v) is 4.03. The van der Waals surface area contributed by atoms with Crippen molar-refractivity contribution in [2.75, 3.05) is 6.54 Å². The van der Waals surface area contributed by atoms with Gasteiger partial charge in [-0.05, 0) is 24.3 Å². The van der Waals surface area contributed by atoms with Crippen LogP contribution in [0.25, 0.3) is 0 Å². The van der Waals surface area contributed by atoms with Gasteiger partial charge in [0.05, 0.1) is 16.4 Å². The van der Waals surface area contributed by atoms with Crippen LogP contribution in [0.4, 0.5) is 0 Å². The van der Waals surface area contributed by atoms with E-state index in [4.69, 9.17) is 23.2 Å². The zero-order valence-corrected chi connectivity index (χ0v) is 12.9. The zero-order valence-electron chi connectivity index (χ0n) is 10.6. The number of thiophene rings is 1. The van der Waals surface area contributed by atoms with Crippen molar-refractivity contribution in [1.82, 2.24) is 9.88 Å². The molecule has 104 valence electrons. The number of carbonyl (C=O) groups excluding carboxylic acids is 1. The molecule has 2 rings (SSSR count). The maximum atomic E-state index is 12.4. The first-order valence-corrected chi connectivity index (χ1v) is 7.43. The van der Waals surface area contributed by atoms with Gasteiger partial charge < -0.3 is 4.90 Å². The fourth-order valence-electron chi connectivity index (χ4n) is 1.68. The monoisotopic (exact) mass is 326 g/mol. The van der Waals surface area contributed by atoms with Crippen LogP contribution >= 0.6 is 34.5 Å². The summed E-state index contributed by atoms with van der Waals surface area (Å²) >= 11 is 13.1. The van der Waals surface area contributed by atoms with Crippen molar-refractivity contribution in [2.45, 2.75) is 6.54 Å². The second-order valence-electron chi connectivity index (χ2n) is 4.05. The molecule has 2 heterocycles. The molecule has 0 atom stereocenters. The van der Waals surface area contributed by atoms with Crippen LogP contribution in [0, 0.1) is 0 Å². The molecule has 0 radical (unpaired) electrons. The molecule has 0 N–H and O–H groups in total. The maximum absolute atomic E-state index is 12.4. The second-order valence-corrected chi connectivity index (χ2v) is 6.24. The van der Waals surface area contributed by atoms with Gasteiger partial charge in [0, 0.05) is 17.6 Å². The second kappa shape index (κ2) is 6.88. The molecule has 0 aromatic carbocycles. The van der Waals surface area contributed by atoms with E-state index >= 15 is 0 Å². The number of halogens is 2. The summed E-state index contributed by atoms with van der Waals surface area (Å²) < 4.78 is 0.708. The largest absolute Gasteiger partial charge is 0.330 e. The normalized spacial score (nSPS) is 10.3. The molecular weight excluding hydrogens is 315 g/mol. The highest BCUT2D eigenvalue weighted by molar-refractivity contribution is 7.16. The predicted octanol–water partition coefficient (Wildman–Crippen LogP) is 4.28. The molecule has 0 fully saturated rings. The van der Waals surface area contributed by atoms with Gasteiger partial charge in [-0.25, -0.2) is 4.98 Å². The highest BCUT2D eigenvalue weighted by Crippen LogP contribution is 2.23. The van der Waals surface area contributed by atoms with Crippen molar-refractivity contribution in [1.29, 1.82) is 0 Å². The zero-order chi connectivity index (χ0) is 14.5. The molecule has 0 aliphatic rings. The fourth-order valence-corrected chi connectivity index (χ4v) is 2.90. The number of nitrogens with zero attached hydrogens (tertiary/aromatic N) is 2. The average Bonchev–Trinajstić information content (AvgIpc) is 2.84. The molecule has 20 heavy (non-hydrogen) atoms. The first-order chi connectivity index (χ1) is 9.60. The number of hydrogen-bond donors (Lipinski definition) is 0. The number of hydrogen-bond acceptors (Lipinski definition) is 3. The Kier molecular flexibility index (Phi) is 5.17. The van der Waals surface area contributed by atoms with Crippen LogP contribution in [0.3, 0.4) is 0 Å². The van der Waals surface area contributed by atoms with Crippen molar-refractivity contribution in [2.24, 2.45) is 0 Å². The van der Waals surface area contributed by atoms with E-state index in [-0.39, 0.29) is 5.91 Å². The van der Waals surface area contributed by atoms with Crippen LogP contribution in [0.15, 0.2) is 43.1 Å². The predicted molar refractivity (Wildman–Crippen MR) is 83.5 cm³/mol. The van der Waals surface area contributed by atoms with Gasteiger partial charge in [-0.2, -0.15) is 0 Å². The Hall–Kier alpha value is -1.36. The Morgan fingerprint density at radius 2 is 2.15 bits per heavy atom. The van der Waals surface area contributed by atoms with Gasteiger partial charge in [-0.15, -0.1) is 17.9 Å². The van der Waals surface area contributed by atoms with Gasteiger partial charge in [-0.3, -0.25) is 4.79 Å². The standard InChI is InChI=1S/C14H12Cl2N2OS/c1-2-7-18(9-11-4-6-13(16)20-11)14(19)10-3-5-12(15)17-8-10/h2-6,8H,1,7,9H2. The molecule has 2 aromatic rings. The number of carbonyl (C=O) groups is 1. The molecule has 0 aliphatic heterocycles. The Morgan fingerprint density at radius 3 is 2.70 bits per heavy atom. The number of amides is 1. The lowest BCUT2D eigenvalue weighted by Crippen LogP contribution is -2.30. The first kappa shape index (κ1) is 15.0. The van der Waals surface area contributed by atoms with Gasteiger partial charge in [0.15, 0.2) is 0 Å². The highest BCUT2D eigenvalue weighted by Gasteiger charge is 2.16. The Bertz CT molecular complexity index is 610. The van der Waals surface area contributed by atoms with E-state index in [2.05, 4.69) is 11.6 Å². The van der Waals surface area contributed by atoms with Gasteiger partial charge >= 0.3 is 0 Å². The minimum Gasteiger partial charge on any atom is -0.330 e. The SMILES string of the molecule is C=CCN(Cc1ccc(Cl)s1)C(=O)c1ccc(Cl)nc1. The smallest absolute Gasteiger partial charge is 0.256 e. The molecule has 3 nitrogen and oxygen atoms in total. The van der Waals surface area contributed by atoms with Crippen molar-refractivity contribution in [3.63, 3.8) is 0 Å². The number of rotatable bonds is 5. The van der Waals surface area contributed by atoms with Crippen LogP contribution in [-0.2, 0) is 6.54 Å². The topological polar surface area (TPSA) is 33.2 Å². The van der Waals surface area contributed by atoms with Crippen molar-refractivity contribution >= 4 is 40.4 Å². The van der Waals surface area contributed by atoms with E-state index in [9.17, 15) is 4.79 Å². The summed E-state index contributed by atoms with van der Waals surface area (Å²) in [4.78, 5) is 19.1. The fraction of sp³-hybridized carbons (Fsp3) is 0.143. The molecule has 2 aromatic heterocycles. The quantitative estimate of drug-likeness (QED) is 0.607. The molecule has 0 aliphatic carbocycles. The highest BCUT2D eigenvalue weighted by atomic mass is 35.5. The number of pyridine rings is 1. The van der Waals surface area contributed by atoms with Crippen LogP contribution in [0.5, 0.6) is 0 Å². The number of aromatic nitrogens is 1. The van der Waals surface area contributed by atoms with E-state index in [0.29, 0.717) is 28.1 Å². The van der Waals surface area contributed by atoms with Gasteiger partial charge in [0.25, 0.3) is 5.91 Å². The van der Waals surface area contributed by atoms with E-state index in [0.717, 1.165) is 4.88 Å². The van der Waals surface area contributed by atoms with E-state index < -0.39 is 0 Å². The summed E-state index contributed by atoms with van der Waals surface area (Å²) in [7, 11) is 0. The Labute approximate surface area is 131 Å². The van der Waals surface area contributed by atoms with Crippen LogP contribution < -0.4 is 0 Å². The Morgan fingerprint density at radius 1 is 1.35 bits per heavy atom. The van der Waals surface area contributed by atoms with Gasteiger partial charge in [0.1, 0.15) is 5.15 Å². The molecule has 0 saturated carbocycles.